The Hall–Kier alpha value is -1.79. The number of carbonyl (C=O) groups is 2. The molecule has 1 fully saturated rings. The average molecular weight is 396 g/mol. The number of hydrogen-bond donors (Lipinski definition) is 1. The first-order valence-electron chi connectivity index (χ1n) is 9.46. The zero-order chi connectivity index (χ0) is 20.0. The second kappa shape index (κ2) is 9.95. The Morgan fingerprint density at radius 2 is 1.93 bits per heavy atom. The van der Waals surface area contributed by atoms with Crippen LogP contribution in [0.3, 0.4) is 0 Å². The monoisotopic (exact) mass is 395 g/mol. The molecule has 6 nitrogen and oxygen atoms in total. The summed E-state index contributed by atoms with van der Waals surface area (Å²) in [7, 11) is 1.35. The molecule has 1 heterocycles. The Morgan fingerprint density at radius 3 is 2.52 bits per heavy atom. The molecule has 0 saturated carbocycles. The van der Waals surface area contributed by atoms with Gasteiger partial charge in [0.2, 0.25) is 5.91 Å². The van der Waals surface area contributed by atoms with Crippen LogP contribution in [0, 0.1) is 12.8 Å². The van der Waals surface area contributed by atoms with Gasteiger partial charge in [0.1, 0.15) is 6.04 Å². The van der Waals surface area contributed by atoms with Gasteiger partial charge in [-0.25, -0.2) is 4.79 Å². The predicted octanol–water partition coefficient (Wildman–Crippen LogP) is 2.47. The molecule has 2 rings (SSSR count). The van der Waals surface area contributed by atoms with Crippen molar-refractivity contribution < 1.29 is 14.3 Å². The number of benzene rings is 1. The Labute approximate surface area is 166 Å². The highest BCUT2D eigenvalue weighted by molar-refractivity contribution is 6.30. The Kier molecular flexibility index (Phi) is 7.92. The molecule has 0 spiro atoms. The molecule has 27 heavy (non-hydrogen) atoms. The molecule has 0 aromatic heterocycles. The van der Waals surface area contributed by atoms with Crippen LogP contribution < -0.4 is 10.2 Å². The minimum absolute atomic E-state index is 0.0315. The predicted molar refractivity (Wildman–Crippen MR) is 108 cm³/mol. The molecule has 7 heteroatoms. The number of ether oxygens (including phenoxy) is 1. The second-order valence-electron chi connectivity index (χ2n) is 7.15. The number of anilines is 1. The summed E-state index contributed by atoms with van der Waals surface area (Å²) in [4.78, 5) is 28.8. The molecule has 1 saturated heterocycles. The summed E-state index contributed by atoms with van der Waals surface area (Å²) in [5.41, 5.74) is 2.34. The fraction of sp³-hybridized carbons (Fsp3) is 0.600. The second-order valence-corrected chi connectivity index (χ2v) is 7.58. The summed E-state index contributed by atoms with van der Waals surface area (Å²) in [5, 5.41) is 3.57. The lowest BCUT2D eigenvalue weighted by Gasteiger charge is -2.36. The number of nitrogens with zero attached hydrogens (tertiary/aromatic N) is 2. The SMILES string of the molecule is CC[C@H](C)[C@@H](NC(=O)CN1CCN(c2cc(Cl)ccc2C)CC1)C(=O)OC. The zero-order valence-corrected chi connectivity index (χ0v) is 17.4. The summed E-state index contributed by atoms with van der Waals surface area (Å²) in [6.07, 6.45) is 0.789. The number of carbonyl (C=O) groups excluding carboxylic acids is 2. The van der Waals surface area contributed by atoms with E-state index in [1.54, 1.807) is 0 Å². The van der Waals surface area contributed by atoms with Gasteiger partial charge in [-0.1, -0.05) is 37.9 Å². The van der Waals surface area contributed by atoms with Gasteiger partial charge < -0.3 is 15.0 Å². The molecule has 150 valence electrons. The van der Waals surface area contributed by atoms with Crippen molar-refractivity contribution in [3.63, 3.8) is 0 Å². The number of methoxy groups -OCH3 is 1. The first-order chi connectivity index (χ1) is 12.8. The van der Waals surface area contributed by atoms with Crippen LogP contribution >= 0.6 is 11.6 Å². The zero-order valence-electron chi connectivity index (χ0n) is 16.6. The number of amides is 1. The molecule has 1 aliphatic rings. The molecule has 1 aliphatic heterocycles. The molecule has 1 aromatic carbocycles. The van der Waals surface area contributed by atoms with E-state index < -0.39 is 6.04 Å². The highest BCUT2D eigenvalue weighted by Crippen LogP contribution is 2.25. The van der Waals surface area contributed by atoms with Crippen molar-refractivity contribution in [3.05, 3.63) is 28.8 Å². The van der Waals surface area contributed by atoms with Gasteiger partial charge in [0, 0.05) is 36.9 Å². The van der Waals surface area contributed by atoms with E-state index in [0.29, 0.717) is 0 Å². The highest BCUT2D eigenvalue weighted by atomic mass is 35.5. The molecular formula is C20H30ClN3O3. The molecular weight excluding hydrogens is 366 g/mol. The van der Waals surface area contributed by atoms with Crippen molar-refractivity contribution in [2.45, 2.75) is 33.2 Å². The smallest absolute Gasteiger partial charge is 0.328 e. The normalized spacial score (nSPS) is 17.3. The number of aryl methyl sites for hydroxylation is 1. The molecule has 1 aromatic rings. The molecule has 0 unspecified atom stereocenters. The lowest BCUT2D eigenvalue weighted by molar-refractivity contribution is -0.146. The van der Waals surface area contributed by atoms with E-state index in [2.05, 4.69) is 22.0 Å². The molecule has 0 aliphatic carbocycles. The quantitative estimate of drug-likeness (QED) is 0.718. The first-order valence-corrected chi connectivity index (χ1v) is 9.84. The van der Waals surface area contributed by atoms with Crippen LogP contribution in [0.2, 0.25) is 5.02 Å². The molecule has 0 bridgehead atoms. The third kappa shape index (κ3) is 5.84. The average Bonchev–Trinajstić information content (AvgIpc) is 2.67. The summed E-state index contributed by atoms with van der Waals surface area (Å²) in [5.74, 6) is -0.499. The van der Waals surface area contributed by atoms with Crippen molar-refractivity contribution in [2.75, 3.05) is 44.7 Å². The first kappa shape index (κ1) is 21.5. The summed E-state index contributed by atoms with van der Waals surface area (Å²) >= 11 is 6.13. The number of rotatable bonds is 7. The maximum absolute atomic E-state index is 12.4. The van der Waals surface area contributed by atoms with Gasteiger partial charge in [-0.3, -0.25) is 9.69 Å². The summed E-state index contributed by atoms with van der Waals surface area (Å²) < 4.78 is 4.83. The molecule has 1 N–H and O–H groups in total. The number of esters is 1. The van der Waals surface area contributed by atoms with E-state index in [9.17, 15) is 9.59 Å². The van der Waals surface area contributed by atoms with Gasteiger partial charge in [-0.2, -0.15) is 0 Å². The Morgan fingerprint density at radius 1 is 1.26 bits per heavy atom. The van der Waals surface area contributed by atoms with Gasteiger partial charge >= 0.3 is 5.97 Å². The van der Waals surface area contributed by atoms with Crippen LogP contribution in [0.1, 0.15) is 25.8 Å². The number of hydrogen-bond acceptors (Lipinski definition) is 5. The van der Waals surface area contributed by atoms with Crippen molar-refractivity contribution in [3.8, 4) is 0 Å². The van der Waals surface area contributed by atoms with Gasteiger partial charge in [0.25, 0.3) is 0 Å². The minimum Gasteiger partial charge on any atom is -0.467 e. The lowest BCUT2D eigenvalue weighted by Crippen LogP contribution is -2.52. The third-order valence-corrected chi connectivity index (χ3v) is 5.47. The van der Waals surface area contributed by atoms with Crippen molar-refractivity contribution in [2.24, 2.45) is 5.92 Å². The van der Waals surface area contributed by atoms with Crippen LogP contribution in [-0.4, -0.2) is 62.7 Å². The fourth-order valence-corrected chi connectivity index (χ4v) is 3.45. The van der Waals surface area contributed by atoms with Crippen molar-refractivity contribution >= 4 is 29.2 Å². The number of halogens is 1. The van der Waals surface area contributed by atoms with Crippen molar-refractivity contribution in [1.82, 2.24) is 10.2 Å². The Balaban J connectivity index is 1.88. The standard InChI is InChI=1S/C20H30ClN3O3/c1-5-14(2)19(20(26)27-4)22-18(25)13-23-8-10-24(11-9-23)17-12-16(21)7-6-15(17)3/h6-7,12,14,19H,5,8-11,13H2,1-4H3,(H,22,25)/t14-,19+/m0/s1. The third-order valence-electron chi connectivity index (χ3n) is 5.24. The maximum atomic E-state index is 12.4. The van der Waals surface area contributed by atoms with Gasteiger partial charge in [0.15, 0.2) is 0 Å². The van der Waals surface area contributed by atoms with E-state index >= 15 is 0 Å². The van der Waals surface area contributed by atoms with E-state index in [0.717, 1.165) is 43.3 Å². The van der Waals surface area contributed by atoms with E-state index in [1.165, 1.54) is 12.7 Å². The van der Waals surface area contributed by atoms with Crippen LogP contribution in [0.25, 0.3) is 0 Å². The largest absolute Gasteiger partial charge is 0.467 e. The fourth-order valence-electron chi connectivity index (χ4n) is 3.29. The Bertz CT molecular complexity index is 660. The maximum Gasteiger partial charge on any atom is 0.328 e. The van der Waals surface area contributed by atoms with E-state index in [-0.39, 0.29) is 24.3 Å². The van der Waals surface area contributed by atoms with E-state index in [1.807, 2.05) is 32.0 Å². The van der Waals surface area contributed by atoms with E-state index in [4.69, 9.17) is 16.3 Å². The summed E-state index contributed by atoms with van der Waals surface area (Å²) in [6.45, 7) is 9.52. The molecule has 0 radical (unpaired) electrons. The minimum atomic E-state index is -0.595. The van der Waals surface area contributed by atoms with Gasteiger partial charge in [-0.15, -0.1) is 0 Å². The van der Waals surface area contributed by atoms with Gasteiger partial charge in [0.05, 0.1) is 13.7 Å². The number of nitrogens with one attached hydrogen (secondary N) is 1. The van der Waals surface area contributed by atoms with Crippen LogP contribution in [0.5, 0.6) is 0 Å². The lowest BCUT2D eigenvalue weighted by atomic mass is 9.99. The van der Waals surface area contributed by atoms with Crippen LogP contribution in [0.4, 0.5) is 5.69 Å². The highest BCUT2D eigenvalue weighted by Gasteiger charge is 2.28. The van der Waals surface area contributed by atoms with Crippen LogP contribution in [-0.2, 0) is 14.3 Å². The molecule has 1 amide bonds. The van der Waals surface area contributed by atoms with Crippen molar-refractivity contribution in [1.29, 1.82) is 0 Å². The van der Waals surface area contributed by atoms with Crippen LogP contribution in [0.15, 0.2) is 18.2 Å². The van der Waals surface area contributed by atoms with Gasteiger partial charge in [-0.05, 0) is 30.5 Å². The number of piperazine rings is 1. The topological polar surface area (TPSA) is 61.9 Å². The molecule has 2 atom stereocenters. The summed E-state index contributed by atoms with van der Waals surface area (Å²) in [6, 6.07) is 5.32.